The summed E-state index contributed by atoms with van der Waals surface area (Å²) in [5.74, 6) is 0.481. The van der Waals surface area contributed by atoms with Crippen LogP contribution in [0.4, 0.5) is 5.69 Å². The van der Waals surface area contributed by atoms with Crippen molar-refractivity contribution >= 4 is 11.6 Å². The number of aromatic nitrogens is 3. The number of nitrogens with zero attached hydrogens (tertiary/aromatic N) is 4. The highest BCUT2D eigenvalue weighted by Crippen LogP contribution is 2.40. The van der Waals surface area contributed by atoms with Gasteiger partial charge < -0.3 is 9.32 Å². The Morgan fingerprint density at radius 1 is 1.10 bits per heavy atom. The maximum Gasteiger partial charge on any atom is 0.247 e. The third-order valence-corrected chi connectivity index (χ3v) is 5.78. The number of carbonyl (C=O) groups excluding carboxylic acids is 1. The normalized spacial score (nSPS) is 13.8. The highest BCUT2D eigenvalue weighted by molar-refractivity contribution is 5.99. The van der Waals surface area contributed by atoms with E-state index in [0.717, 1.165) is 34.4 Å². The van der Waals surface area contributed by atoms with Gasteiger partial charge in [0.05, 0.1) is 0 Å². The fourth-order valence-corrected chi connectivity index (χ4v) is 4.25. The first-order chi connectivity index (χ1) is 15.2. The first-order valence-corrected chi connectivity index (χ1v) is 10.4. The second-order valence-electron chi connectivity index (χ2n) is 7.83. The van der Waals surface area contributed by atoms with Crippen LogP contribution in [0, 0.1) is 5.92 Å². The Bertz CT molecular complexity index is 1190. The summed E-state index contributed by atoms with van der Waals surface area (Å²) in [5.41, 5.74) is 6.06. The van der Waals surface area contributed by atoms with Gasteiger partial charge in [-0.15, -0.1) is 10.2 Å². The number of rotatable bonds is 5. The number of anilines is 1. The highest BCUT2D eigenvalue weighted by Gasteiger charge is 2.31. The van der Waals surface area contributed by atoms with Gasteiger partial charge in [-0.2, -0.15) is 0 Å². The van der Waals surface area contributed by atoms with Gasteiger partial charge >= 0.3 is 0 Å². The van der Waals surface area contributed by atoms with E-state index in [4.69, 9.17) is 4.42 Å². The number of hydrogen-bond donors (Lipinski definition) is 0. The standard InChI is InChI=1S/C25H22N4O2/c1-17(13-18-5-3-2-4-6-18)25(30)29-12-9-21-22(24-28-27-16-31-24)14-20(15-23(21)29)19-7-10-26-11-8-19/h2-8,10-11,14-17H,9,12-13H2,1H3/t17-/m0/s1. The Labute approximate surface area is 180 Å². The van der Waals surface area contributed by atoms with Crippen LogP contribution in [0.3, 0.4) is 0 Å². The number of amides is 1. The zero-order valence-corrected chi connectivity index (χ0v) is 17.2. The van der Waals surface area contributed by atoms with Crippen molar-refractivity contribution in [3.63, 3.8) is 0 Å². The fraction of sp³-hybridized carbons (Fsp3) is 0.200. The fourth-order valence-electron chi connectivity index (χ4n) is 4.25. The maximum absolute atomic E-state index is 13.4. The third-order valence-electron chi connectivity index (χ3n) is 5.78. The van der Waals surface area contributed by atoms with Crippen molar-refractivity contribution in [3.05, 3.63) is 84.5 Å². The minimum Gasteiger partial charge on any atom is -0.423 e. The molecule has 5 rings (SSSR count). The molecular formula is C25H22N4O2. The van der Waals surface area contributed by atoms with Crippen LogP contribution in [0.2, 0.25) is 0 Å². The second-order valence-corrected chi connectivity index (χ2v) is 7.83. The van der Waals surface area contributed by atoms with E-state index in [1.807, 2.05) is 42.2 Å². The predicted molar refractivity (Wildman–Crippen MR) is 118 cm³/mol. The van der Waals surface area contributed by atoms with Gasteiger partial charge in [0.1, 0.15) is 0 Å². The van der Waals surface area contributed by atoms with Gasteiger partial charge in [0.25, 0.3) is 0 Å². The van der Waals surface area contributed by atoms with Crippen molar-refractivity contribution in [2.45, 2.75) is 19.8 Å². The lowest BCUT2D eigenvalue weighted by molar-refractivity contribution is -0.121. The molecule has 31 heavy (non-hydrogen) atoms. The minimum atomic E-state index is -0.121. The summed E-state index contributed by atoms with van der Waals surface area (Å²) in [6.07, 6.45) is 6.33. The largest absolute Gasteiger partial charge is 0.423 e. The molecule has 0 saturated carbocycles. The van der Waals surface area contributed by atoms with E-state index in [-0.39, 0.29) is 11.8 Å². The number of hydrogen-bond acceptors (Lipinski definition) is 5. The van der Waals surface area contributed by atoms with Gasteiger partial charge in [-0.3, -0.25) is 9.78 Å². The summed E-state index contributed by atoms with van der Waals surface area (Å²) < 4.78 is 5.52. The maximum atomic E-state index is 13.4. The van der Waals surface area contributed by atoms with Crippen molar-refractivity contribution in [2.75, 3.05) is 11.4 Å². The summed E-state index contributed by atoms with van der Waals surface area (Å²) in [5, 5.41) is 7.98. The summed E-state index contributed by atoms with van der Waals surface area (Å²) >= 11 is 0. The molecule has 0 saturated heterocycles. The molecule has 6 heteroatoms. The molecule has 0 N–H and O–H groups in total. The van der Waals surface area contributed by atoms with E-state index in [2.05, 4.69) is 39.4 Å². The average molecular weight is 410 g/mol. The van der Waals surface area contributed by atoms with Gasteiger partial charge in [0.2, 0.25) is 18.2 Å². The molecular weight excluding hydrogens is 388 g/mol. The molecule has 1 atom stereocenters. The first-order valence-electron chi connectivity index (χ1n) is 10.4. The smallest absolute Gasteiger partial charge is 0.247 e. The first kappa shape index (κ1) is 19.2. The Morgan fingerprint density at radius 3 is 2.65 bits per heavy atom. The molecule has 0 radical (unpaired) electrons. The van der Waals surface area contributed by atoms with Crippen LogP contribution in [0.15, 0.2) is 77.8 Å². The Kier molecular flexibility index (Phi) is 5.04. The van der Waals surface area contributed by atoms with E-state index in [9.17, 15) is 4.79 Å². The number of pyridine rings is 1. The van der Waals surface area contributed by atoms with Gasteiger partial charge in [-0.25, -0.2) is 0 Å². The lowest BCUT2D eigenvalue weighted by atomic mass is 9.97. The van der Waals surface area contributed by atoms with Crippen LogP contribution in [0.1, 0.15) is 18.1 Å². The Morgan fingerprint density at radius 2 is 1.90 bits per heavy atom. The SMILES string of the molecule is C[C@@H](Cc1ccccc1)C(=O)N1CCc2c(-c3nnco3)cc(-c3ccncc3)cc21. The van der Waals surface area contributed by atoms with Gasteiger partial charge in [-0.1, -0.05) is 37.3 Å². The topological polar surface area (TPSA) is 72.1 Å². The van der Waals surface area contributed by atoms with E-state index >= 15 is 0 Å². The van der Waals surface area contributed by atoms with Crippen LogP contribution in [-0.2, 0) is 17.6 Å². The second kappa shape index (κ2) is 8.14. The predicted octanol–water partition coefficient (Wildman–Crippen LogP) is 4.57. The monoisotopic (exact) mass is 410 g/mol. The molecule has 4 aromatic rings. The number of benzene rings is 2. The summed E-state index contributed by atoms with van der Waals surface area (Å²) in [7, 11) is 0. The molecule has 0 fully saturated rings. The molecule has 0 unspecified atom stereocenters. The van der Waals surface area contributed by atoms with Crippen LogP contribution >= 0.6 is 0 Å². The van der Waals surface area contributed by atoms with Crippen molar-refractivity contribution in [3.8, 4) is 22.6 Å². The van der Waals surface area contributed by atoms with Crippen LogP contribution in [0.5, 0.6) is 0 Å². The van der Waals surface area contributed by atoms with Crippen molar-refractivity contribution < 1.29 is 9.21 Å². The van der Waals surface area contributed by atoms with Gasteiger partial charge in [-0.05, 0) is 59.4 Å². The molecule has 0 spiro atoms. The van der Waals surface area contributed by atoms with E-state index in [1.54, 1.807) is 12.4 Å². The van der Waals surface area contributed by atoms with Crippen molar-refractivity contribution in [1.82, 2.24) is 15.2 Å². The molecule has 1 aliphatic rings. The molecule has 154 valence electrons. The van der Waals surface area contributed by atoms with Gasteiger partial charge in [0.15, 0.2) is 0 Å². The third kappa shape index (κ3) is 3.72. The highest BCUT2D eigenvalue weighted by atomic mass is 16.4. The van der Waals surface area contributed by atoms with Crippen LogP contribution in [0.25, 0.3) is 22.6 Å². The van der Waals surface area contributed by atoms with Crippen LogP contribution in [-0.4, -0.2) is 27.6 Å². The summed E-state index contributed by atoms with van der Waals surface area (Å²) in [6.45, 7) is 2.65. The number of carbonyl (C=O) groups is 1. The molecule has 6 nitrogen and oxygen atoms in total. The van der Waals surface area contributed by atoms with Crippen molar-refractivity contribution in [2.24, 2.45) is 5.92 Å². The van der Waals surface area contributed by atoms with Gasteiger partial charge in [0, 0.05) is 36.1 Å². The summed E-state index contributed by atoms with van der Waals surface area (Å²) in [6, 6.07) is 18.2. The Hall–Kier alpha value is -3.80. The van der Waals surface area contributed by atoms with Crippen molar-refractivity contribution in [1.29, 1.82) is 0 Å². The summed E-state index contributed by atoms with van der Waals surface area (Å²) in [4.78, 5) is 19.4. The average Bonchev–Trinajstić information content (AvgIpc) is 3.49. The molecule has 1 amide bonds. The Balaban J connectivity index is 1.53. The minimum absolute atomic E-state index is 0.121. The number of fused-ring (bicyclic) bond motifs is 1. The molecule has 3 heterocycles. The molecule has 1 aliphatic heterocycles. The quantitative estimate of drug-likeness (QED) is 0.482. The van der Waals surface area contributed by atoms with E-state index < -0.39 is 0 Å². The zero-order chi connectivity index (χ0) is 21.2. The molecule has 2 aromatic carbocycles. The zero-order valence-electron chi connectivity index (χ0n) is 17.2. The molecule has 0 bridgehead atoms. The van der Waals surface area contributed by atoms with E-state index in [1.165, 1.54) is 12.0 Å². The molecule has 2 aromatic heterocycles. The lowest BCUT2D eigenvalue weighted by Crippen LogP contribution is -2.34. The molecule has 0 aliphatic carbocycles. The van der Waals surface area contributed by atoms with E-state index in [0.29, 0.717) is 18.9 Å². The van der Waals surface area contributed by atoms with Crippen LogP contribution < -0.4 is 4.90 Å². The lowest BCUT2D eigenvalue weighted by Gasteiger charge is -2.23.